The largest absolute Gasteiger partial charge is 0.333 e. The summed E-state index contributed by atoms with van der Waals surface area (Å²) < 4.78 is 13.0. The Labute approximate surface area is 85.1 Å². The van der Waals surface area contributed by atoms with Crippen molar-refractivity contribution < 1.29 is 4.39 Å². The maximum Gasteiger partial charge on any atom is 0.138 e. The summed E-state index contributed by atoms with van der Waals surface area (Å²) in [5.74, 6) is 5.39. The highest BCUT2D eigenvalue weighted by molar-refractivity contribution is 5.37. The van der Waals surface area contributed by atoms with E-state index in [1.807, 2.05) is 13.8 Å². The average molecular weight is 193 g/mol. The van der Waals surface area contributed by atoms with Gasteiger partial charge < -0.3 is 5.73 Å². The van der Waals surface area contributed by atoms with Gasteiger partial charge in [0.2, 0.25) is 0 Å². The molecule has 0 fully saturated rings. The van der Waals surface area contributed by atoms with E-state index in [0.717, 1.165) is 12.0 Å². The lowest BCUT2D eigenvalue weighted by molar-refractivity contribution is 0.624. The number of benzene rings is 1. The molecule has 1 rings (SSSR count). The van der Waals surface area contributed by atoms with Gasteiger partial charge in [0.25, 0.3) is 0 Å². The highest BCUT2D eigenvalue weighted by Crippen LogP contribution is 2.08. The van der Waals surface area contributed by atoms with Crippen LogP contribution in [0.25, 0.3) is 0 Å². The lowest BCUT2D eigenvalue weighted by Crippen LogP contribution is -1.83. The van der Waals surface area contributed by atoms with Crippen LogP contribution in [-0.2, 0) is 0 Å². The van der Waals surface area contributed by atoms with Crippen molar-refractivity contribution in [3.8, 4) is 11.8 Å². The third-order valence-electron chi connectivity index (χ3n) is 1.52. The molecule has 0 amide bonds. The second-order valence-electron chi connectivity index (χ2n) is 2.64. The number of rotatable bonds is 0. The van der Waals surface area contributed by atoms with E-state index >= 15 is 0 Å². The van der Waals surface area contributed by atoms with Crippen LogP contribution >= 0.6 is 0 Å². The number of hydrogen-bond donors (Lipinski definition) is 1. The molecule has 1 aromatic rings. The van der Waals surface area contributed by atoms with Crippen molar-refractivity contribution in [3.63, 3.8) is 0 Å². The summed E-state index contributed by atoms with van der Waals surface area (Å²) >= 11 is 0. The fourth-order valence-corrected chi connectivity index (χ4v) is 0.919. The summed E-state index contributed by atoms with van der Waals surface area (Å²) in [5.41, 5.74) is 6.04. The molecule has 0 radical (unpaired) electrons. The molecule has 0 aromatic heterocycles. The Bertz CT molecular complexity index is 334. The summed E-state index contributed by atoms with van der Waals surface area (Å²) in [7, 11) is 1.50. The summed E-state index contributed by atoms with van der Waals surface area (Å²) in [6.07, 6.45) is 0.757. The molecule has 0 spiro atoms. The van der Waals surface area contributed by atoms with Crippen molar-refractivity contribution in [3.05, 3.63) is 35.1 Å². The van der Waals surface area contributed by atoms with E-state index in [4.69, 9.17) is 0 Å². The van der Waals surface area contributed by atoms with Crippen molar-refractivity contribution in [1.82, 2.24) is 0 Å². The highest BCUT2D eigenvalue weighted by Gasteiger charge is 1.96. The molecule has 0 atom stereocenters. The van der Waals surface area contributed by atoms with Crippen LogP contribution < -0.4 is 5.73 Å². The normalized spacial score (nSPS) is 8.07. The maximum atomic E-state index is 13.0. The Morgan fingerprint density at radius 1 is 1.36 bits per heavy atom. The van der Waals surface area contributed by atoms with Crippen LogP contribution in [0.3, 0.4) is 0 Å². The van der Waals surface area contributed by atoms with E-state index in [1.54, 1.807) is 12.1 Å². The van der Waals surface area contributed by atoms with Gasteiger partial charge in [0.15, 0.2) is 0 Å². The molecule has 0 aliphatic rings. The average Bonchev–Trinajstić information content (AvgIpc) is 2.22. The Balaban J connectivity index is 0.000000791. The van der Waals surface area contributed by atoms with Gasteiger partial charge in [-0.25, -0.2) is 4.39 Å². The Kier molecular flexibility index (Phi) is 6.43. The first-order chi connectivity index (χ1) is 6.74. The first kappa shape index (κ1) is 12.7. The minimum atomic E-state index is -0.235. The molecule has 0 saturated heterocycles. The highest BCUT2D eigenvalue weighted by atomic mass is 19.1. The van der Waals surface area contributed by atoms with E-state index in [2.05, 4.69) is 17.6 Å². The number of hydrogen-bond acceptors (Lipinski definition) is 1. The maximum absolute atomic E-state index is 13.0. The molecule has 1 aromatic carbocycles. The molecule has 1 nitrogen and oxygen atoms in total. The van der Waals surface area contributed by atoms with Gasteiger partial charge in [-0.05, 0) is 31.7 Å². The van der Waals surface area contributed by atoms with E-state index in [9.17, 15) is 4.39 Å². The molecule has 0 bridgehead atoms. The zero-order valence-electron chi connectivity index (χ0n) is 8.89. The first-order valence-electron chi connectivity index (χ1n) is 4.57. The van der Waals surface area contributed by atoms with E-state index in [-0.39, 0.29) is 5.82 Å². The van der Waals surface area contributed by atoms with Crippen LogP contribution in [0.4, 0.5) is 4.39 Å². The van der Waals surface area contributed by atoms with Gasteiger partial charge in [-0.15, -0.1) is 0 Å². The second kappa shape index (κ2) is 7.11. The van der Waals surface area contributed by atoms with Crippen molar-refractivity contribution in [2.45, 2.75) is 20.3 Å². The zero-order chi connectivity index (χ0) is 11.0. The molecule has 0 aliphatic heterocycles. The molecule has 0 heterocycles. The minimum Gasteiger partial charge on any atom is -0.333 e. The number of aryl methyl sites for hydroxylation is 1. The van der Waals surface area contributed by atoms with Gasteiger partial charge in [-0.2, -0.15) is 0 Å². The van der Waals surface area contributed by atoms with Crippen LogP contribution in [0, 0.1) is 24.6 Å². The number of nitrogens with two attached hydrogens (primary N) is 1. The van der Waals surface area contributed by atoms with Crippen LogP contribution in [-0.4, -0.2) is 7.05 Å². The van der Waals surface area contributed by atoms with Gasteiger partial charge in [-0.3, -0.25) is 0 Å². The summed E-state index contributed by atoms with van der Waals surface area (Å²) in [6.45, 7) is 3.87. The SMILES string of the molecule is CCC#Cc1cc(C)ccc1F.CN. The summed E-state index contributed by atoms with van der Waals surface area (Å²) in [5, 5.41) is 0. The van der Waals surface area contributed by atoms with Crippen molar-refractivity contribution in [1.29, 1.82) is 0 Å². The molecule has 0 saturated carbocycles. The summed E-state index contributed by atoms with van der Waals surface area (Å²) in [4.78, 5) is 0. The molecule has 14 heavy (non-hydrogen) atoms. The zero-order valence-corrected chi connectivity index (χ0v) is 8.89. The van der Waals surface area contributed by atoms with Gasteiger partial charge in [0.05, 0.1) is 5.56 Å². The van der Waals surface area contributed by atoms with Crippen LogP contribution in [0.1, 0.15) is 24.5 Å². The molecule has 0 aliphatic carbocycles. The van der Waals surface area contributed by atoms with Gasteiger partial charge in [-0.1, -0.05) is 24.8 Å². The van der Waals surface area contributed by atoms with Gasteiger partial charge >= 0.3 is 0 Å². The summed E-state index contributed by atoms with van der Waals surface area (Å²) in [6, 6.07) is 4.96. The first-order valence-corrected chi connectivity index (χ1v) is 4.57. The molecule has 2 N–H and O–H groups in total. The lowest BCUT2D eigenvalue weighted by atomic mass is 10.1. The van der Waals surface area contributed by atoms with E-state index < -0.39 is 0 Å². The van der Waals surface area contributed by atoms with E-state index in [1.165, 1.54) is 13.1 Å². The Hall–Kier alpha value is -1.33. The van der Waals surface area contributed by atoms with Crippen LogP contribution in [0.2, 0.25) is 0 Å². The topological polar surface area (TPSA) is 26.0 Å². The van der Waals surface area contributed by atoms with Crippen molar-refractivity contribution >= 4 is 0 Å². The second-order valence-corrected chi connectivity index (χ2v) is 2.64. The fraction of sp³-hybridized carbons (Fsp3) is 0.333. The third kappa shape index (κ3) is 4.06. The third-order valence-corrected chi connectivity index (χ3v) is 1.52. The molecule has 0 unspecified atom stereocenters. The monoisotopic (exact) mass is 193 g/mol. The Morgan fingerprint density at radius 3 is 2.57 bits per heavy atom. The standard InChI is InChI=1S/C11H11F.CH5N/c1-3-4-5-10-8-9(2)6-7-11(10)12;1-2/h6-8H,3H2,1-2H3;2H2,1H3. The predicted molar refractivity (Wildman–Crippen MR) is 58.4 cm³/mol. The van der Waals surface area contributed by atoms with Crippen molar-refractivity contribution in [2.75, 3.05) is 7.05 Å². The Morgan fingerprint density at radius 2 is 2.00 bits per heavy atom. The number of halogens is 1. The van der Waals surface area contributed by atoms with Crippen LogP contribution in [0.15, 0.2) is 18.2 Å². The van der Waals surface area contributed by atoms with E-state index in [0.29, 0.717) is 5.56 Å². The molecule has 2 heteroatoms. The molecule has 76 valence electrons. The smallest absolute Gasteiger partial charge is 0.138 e. The minimum absolute atomic E-state index is 0.235. The quantitative estimate of drug-likeness (QED) is 0.629. The molecular weight excluding hydrogens is 177 g/mol. The molecular formula is C12H16FN. The fourth-order valence-electron chi connectivity index (χ4n) is 0.919. The van der Waals surface area contributed by atoms with Crippen LogP contribution in [0.5, 0.6) is 0 Å². The van der Waals surface area contributed by atoms with Gasteiger partial charge in [0, 0.05) is 6.42 Å². The predicted octanol–water partition coefficient (Wildman–Crippen LogP) is 2.47. The lowest BCUT2D eigenvalue weighted by Gasteiger charge is -1.95. The van der Waals surface area contributed by atoms with Gasteiger partial charge in [0.1, 0.15) is 5.82 Å². The van der Waals surface area contributed by atoms with Crippen molar-refractivity contribution in [2.24, 2.45) is 5.73 Å².